The lowest BCUT2D eigenvalue weighted by molar-refractivity contribution is 0.0899. The van der Waals surface area contributed by atoms with Gasteiger partial charge in [-0.25, -0.2) is 9.97 Å². The van der Waals surface area contributed by atoms with E-state index in [1.165, 1.54) is 5.56 Å². The number of benzene rings is 1. The van der Waals surface area contributed by atoms with Crippen LogP contribution in [0.2, 0.25) is 25.7 Å². The Balaban J connectivity index is 1.63. The molecule has 3 heterocycles. The smallest absolute Gasteiger partial charge is 0.145 e. The molecule has 0 aliphatic rings. The van der Waals surface area contributed by atoms with Crippen LogP contribution in [-0.2, 0) is 11.5 Å². The minimum absolute atomic E-state index is 0.480. The minimum Gasteiger partial charge on any atom is -0.361 e. The van der Waals surface area contributed by atoms with Crippen LogP contribution in [-0.4, -0.2) is 44.6 Å². The van der Waals surface area contributed by atoms with Crippen molar-refractivity contribution in [2.75, 3.05) is 6.61 Å². The van der Waals surface area contributed by atoms with Gasteiger partial charge in [-0.3, -0.25) is 0 Å². The van der Waals surface area contributed by atoms with Gasteiger partial charge in [-0.1, -0.05) is 49.5 Å². The molecule has 0 spiro atoms. The standard InChI is InChI=1S/C21H26N6OSi/c1-15-5-7-16(8-6-15)18-20(25-26-24-18)19-17-9-10-27(21(17)23-13-22-19)14-28-11-12-29(2,3)4/h5-10,13H,11-12,14H2,1-4H3,(H,24,25,26). The normalized spacial score (nSPS) is 12.0. The van der Waals surface area contributed by atoms with Crippen LogP contribution in [0.5, 0.6) is 0 Å². The first kappa shape index (κ1) is 19.5. The number of H-pyrrole nitrogens is 1. The van der Waals surface area contributed by atoms with Gasteiger partial charge in [-0.2, -0.15) is 15.4 Å². The largest absolute Gasteiger partial charge is 0.361 e. The maximum Gasteiger partial charge on any atom is 0.145 e. The molecule has 1 N–H and O–H groups in total. The lowest BCUT2D eigenvalue weighted by Gasteiger charge is -2.15. The second kappa shape index (κ2) is 7.88. The third-order valence-electron chi connectivity index (χ3n) is 4.88. The maximum atomic E-state index is 5.90. The summed E-state index contributed by atoms with van der Waals surface area (Å²) in [6, 6.07) is 11.4. The van der Waals surface area contributed by atoms with E-state index in [-0.39, 0.29) is 0 Å². The van der Waals surface area contributed by atoms with Crippen molar-refractivity contribution in [3.8, 4) is 22.6 Å². The number of fused-ring (bicyclic) bond motifs is 1. The highest BCUT2D eigenvalue weighted by Gasteiger charge is 2.18. The zero-order chi connectivity index (χ0) is 20.4. The maximum absolute atomic E-state index is 5.90. The van der Waals surface area contributed by atoms with Crippen LogP contribution in [0.3, 0.4) is 0 Å². The van der Waals surface area contributed by atoms with Crippen LogP contribution in [0.1, 0.15) is 5.56 Å². The molecule has 0 fully saturated rings. The van der Waals surface area contributed by atoms with E-state index in [0.29, 0.717) is 6.73 Å². The fraction of sp³-hybridized carbons (Fsp3) is 0.333. The van der Waals surface area contributed by atoms with Crippen molar-refractivity contribution >= 4 is 19.1 Å². The third-order valence-corrected chi connectivity index (χ3v) is 6.58. The fourth-order valence-electron chi connectivity index (χ4n) is 3.15. The van der Waals surface area contributed by atoms with Crippen molar-refractivity contribution in [3.63, 3.8) is 0 Å². The highest BCUT2D eigenvalue weighted by Crippen LogP contribution is 2.31. The first-order chi connectivity index (χ1) is 13.9. The molecule has 150 valence electrons. The van der Waals surface area contributed by atoms with Gasteiger partial charge in [0.05, 0.1) is 0 Å². The molecular weight excluding hydrogens is 380 g/mol. The van der Waals surface area contributed by atoms with Gasteiger partial charge in [-0.15, -0.1) is 0 Å². The molecule has 8 heteroatoms. The van der Waals surface area contributed by atoms with Crippen molar-refractivity contribution < 1.29 is 4.74 Å². The molecule has 3 aromatic heterocycles. The van der Waals surface area contributed by atoms with Crippen molar-refractivity contribution in [2.45, 2.75) is 39.3 Å². The number of aryl methyl sites for hydroxylation is 1. The van der Waals surface area contributed by atoms with E-state index in [1.807, 2.05) is 29.0 Å². The number of ether oxygens (including phenoxy) is 1. The number of aromatic amines is 1. The molecule has 0 aliphatic carbocycles. The van der Waals surface area contributed by atoms with Crippen molar-refractivity contribution in [3.05, 3.63) is 48.4 Å². The quantitative estimate of drug-likeness (QED) is 0.361. The van der Waals surface area contributed by atoms with Crippen LogP contribution < -0.4 is 0 Å². The summed E-state index contributed by atoms with van der Waals surface area (Å²) >= 11 is 0. The third kappa shape index (κ3) is 4.28. The monoisotopic (exact) mass is 406 g/mol. The predicted octanol–water partition coefficient (Wildman–Crippen LogP) is 4.50. The molecule has 7 nitrogen and oxygen atoms in total. The summed E-state index contributed by atoms with van der Waals surface area (Å²) in [6.45, 7) is 10.4. The topological polar surface area (TPSA) is 81.5 Å². The van der Waals surface area contributed by atoms with E-state index >= 15 is 0 Å². The predicted molar refractivity (Wildman–Crippen MR) is 117 cm³/mol. The van der Waals surface area contributed by atoms with Crippen LogP contribution in [0.15, 0.2) is 42.9 Å². The number of hydrogen-bond donors (Lipinski definition) is 1. The van der Waals surface area contributed by atoms with E-state index in [0.717, 1.165) is 46.3 Å². The molecule has 0 unspecified atom stereocenters. The number of aromatic nitrogens is 6. The van der Waals surface area contributed by atoms with Crippen LogP contribution in [0.25, 0.3) is 33.7 Å². The van der Waals surface area contributed by atoms with Gasteiger partial charge in [0.1, 0.15) is 35.8 Å². The molecule has 0 aliphatic heterocycles. The van der Waals surface area contributed by atoms with E-state index in [9.17, 15) is 0 Å². The number of rotatable bonds is 7. The van der Waals surface area contributed by atoms with E-state index < -0.39 is 8.07 Å². The molecule has 0 saturated carbocycles. The van der Waals surface area contributed by atoms with Gasteiger partial charge in [-0.05, 0) is 19.0 Å². The molecule has 0 saturated heterocycles. The molecule has 29 heavy (non-hydrogen) atoms. The van der Waals surface area contributed by atoms with Gasteiger partial charge in [0.15, 0.2) is 0 Å². The average molecular weight is 407 g/mol. The molecule has 0 atom stereocenters. The summed E-state index contributed by atoms with van der Waals surface area (Å²) in [5.74, 6) is 0. The SMILES string of the molecule is Cc1ccc(-c2n[nH]nc2-c2ncnc3c2ccn3COCC[Si](C)(C)C)cc1. The summed E-state index contributed by atoms with van der Waals surface area (Å²) in [5.41, 5.74) is 5.30. The molecule has 0 bridgehead atoms. The Morgan fingerprint density at radius 3 is 2.48 bits per heavy atom. The molecule has 0 amide bonds. The Hall–Kier alpha value is -2.84. The first-order valence-electron chi connectivity index (χ1n) is 9.78. The van der Waals surface area contributed by atoms with Crippen LogP contribution in [0, 0.1) is 6.92 Å². The zero-order valence-electron chi connectivity index (χ0n) is 17.3. The second-order valence-electron chi connectivity index (χ2n) is 8.48. The molecule has 4 rings (SSSR count). The zero-order valence-corrected chi connectivity index (χ0v) is 18.3. The number of nitrogens with one attached hydrogen (secondary N) is 1. The van der Waals surface area contributed by atoms with E-state index in [1.54, 1.807) is 6.33 Å². The van der Waals surface area contributed by atoms with Crippen LogP contribution in [0.4, 0.5) is 0 Å². The summed E-state index contributed by atoms with van der Waals surface area (Å²) in [5, 5.41) is 12.4. The fourth-order valence-corrected chi connectivity index (χ4v) is 3.90. The highest BCUT2D eigenvalue weighted by atomic mass is 28.3. The van der Waals surface area contributed by atoms with Gasteiger partial charge in [0.2, 0.25) is 0 Å². The lowest BCUT2D eigenvalue weighted by atomic mass is 10.1. The Labute approximate surface area is 171 Å². The Bertz CT molecular complexity index is 1110. The summed E-state index contributed by atoms with van der Waals surface area (Å²) < 4.78 is 7.91. The molecule has 0 radical (unpaired) electrons. The first-order valence-corrected chi connectivity index (χ1v) is 13.5. The lowest BCUT2D eigenvalue weighted by Crippen LogP contribution is -2.22. The van der Waals surface area contributed by atoms with Crippen LogP contribution >= 0.6 is 0 Å². The molecule has 1 aromatic carbocycles. The number of nitrogens with zero attached hydrogens (tertiary/aromatic N) is 5. The van der Waals surface area contributed by atoms with Gasteiger partial charge >= 0.3 is 0 Å². The Morgan fingerprint density at radius 2 is 1.72 bits per heavy atom. The Morgan fingerprint density at radius 1 is 0.966 bits per heavy atom. The van der Waals surface area contributed by atoms with E-state index in [4.69, 9.17) is 4.74 Å². The van der Waals surface area contributed by atoms with Crippen molar-refractivity contribution in [1.82, 2.24) is 29.9 Å². The Kier molecular flexibility index (Phi) is 5.29. The summed E-state index contributed by atoms with van der Waals surface area (Å²) in [4.78, 5) is 8.99. The highest BCUT2D eigenvalue weighted by molar-refractivity contribution is 6.76. The molecule has 4 aromatic rings. The van der Waals surface area contributed by atoms with Gasteiger partial charge in [0.25, 0.3) is 0 Å². The summed E-state index contributed by atoms with van der Waals surface area (Å²) in [6.07, 6.45) is 3.56. The minimum atomic E-state index is -1.10. The van der Waals surface area contributed by atoms with Gasteiger partial charge in [0, 0.05) is 31.8 Å². The van der Waals surface area contributed by atoms with Crippen molar-refractivity contribution in [2.24, 2.45) is 0 Å². The van der Waals surface area contributed by atoms with Gasteiger partial charge < -0.3 is 9.30 Å². The second-order valence-corrected chi connectivity index (χ2v) is 14.1. The average Bonchev–Trinajstić information content (AvgIpc) is 3.32. The van der Waals surface area contributed by atoms with Crippen molar-refractivity contribution in [1.29, 1.82) is 0 Å². The molecular formula is C21H26N6OSi. The van der Waals surface area contributed by atoms with E-state index in [2.05, 4.69) is 64.1 Å². The summed E-state index contributed by atoms with van der Waals surface area (Å²) in [7, 11) is -1.10. The number of hydrogen-bond acceptors (Lipinski definition) is 5.